The zero-order valence-electron chi connectivity index (χ0n) is 7.57. The Hall–Kier alpha value is -0.0800. The van der Waals surface area contributed by atoms with Crippen LogP contribution in [-0.2, 0) is 0 Å². The van der Waals surface area contributed by atoms with E-state index < -0.39 is 0 Å². The molecule has 1 rings (SSSR count). The van der Waals surface area contributed by atoms with Crippen LogP contribution in [0, 0.1) is 0 Å². The molecule has 1 fully saturated rings. The minimum Gasteiger partial charge on any atom is -0.344 e. The van der Waals surface area contributed by atoms with Gasteiger partial charge in [-0.15, -0.1) is 0 Å². The lowest BCUT2D eigenvalue weighted by Crippen LogP contribution is -2.17. The van der Waals surface area contributed by atoms with Gasteiger partial charge in [-0.25, -0.2) is 0 Å². The third-order valence-electron chi connectivity index (χ3n) is 2.21. The quantitative estimate of drug-likeness (QED) is 0.569. The molecule has 1 heterocycles. The molecule has 1 saturated heterocycles. The summed E-state index contributed by atoms with van der Waals surface area (Å²) in [5.41, 5.74) is 0. The van der Waals surface area contributed by atoms with Crippen molar-refractivity contribution in [3.05, 3.63) is 0 Å². The Morgan fingerprint density at radius 3 is 1.36 bits per heavy atom. The number of nitrogens with one attached hydrogen (secondary N) is 1. The summed E-state index contributed by atoms with van der Waals surface area (Å²) in [7, 11) is 0. The Balaban J connectivity index is 0.000001000. The molecular weight excluding hydrogens is 136 g/mol. The van der Waals surface area contributed by atoms with Crippen LogP contribution in [0.1, 0.15) is 44.9 Å². The van der Waals surface area contributed by atoms with Crippen LogP contribution in [0.15, 0.2) is 0 Å². The second-order valence-electron chi connectivity index (χ2n) is 3.22. The van der Waals surface area contributed by atoms with Gasteiger partial charge in [-0.05, 0) is 25.9 Å². The fraction of sp³-hybridized carbons (Fsp3) is 1.00. The first-order valence-corrected chi connectivity index (χ1v) is 4.71. The molecule has 11 heavy (non-hydrogen) atoms. The van der Waals surface area contributed by atoms with Gasteiger partial charge in [0.05, 0.1) is 0 Å². The molecule has 0 radical (unpaired) electrons. The van der Waals surface area contributed by atoms with Crippen molar-refractivity contribution < 1.29 is 0 Å². The first kappa shape index (κ1) is 10.9. The highest BCUT2D eigenvalue weighted by Crippen LogP contribution is 2.07. The van der Waals surface area contributed by atoms with E-state index in [1.165, 1.54) is 58.0 Å². The second kappa shape index (κ2) is 8.02. The molecule has 2 heteroatoms. The van der Waals surface area contributed by atoms with Crippen molar-refractivity contribution in [1.82, 2.24) is 11.5 Å². The fourth-order valence-electron chi connectivity index (χ4n) is 1.51. The van der Waals surface area contributed by atoms with Gasteiger partial charge in [0.25, 0.3) is 0 Å². The summed E-state index contributed by atoms with van der Waals surface area (Å²) in [6, 6.07) is 0. The lowest BCUT2D eigenvalue weighted by atomic mass is 10.1. The van der Waals surface area contributed by atoms with E-state index in [4.69, 9.17) is 0 Å². The molecule has 4 N–H and O–H groups in total. The Labute approximate surface area is 70.3 Å². The maximum absolute atomic E-state index is 3.46. The second-order valence-corrected chi connectivity index (χ2v) is 3.22. The van der Waals surface area contributed by atoms with E-state index in [2.05, 4.69) is 5.32 Å². The normalized spacial score (nSPS) is 21.8. The van der Waals surface area contributed by atoms with Crippen LogP contribution in [0.25, 0.3) is 0 Å². The first-order chi connectivity index (χ1) is 5.00. The van der Waals surface area contributed by atoms with Gasteiger partial charge in [-0.2, -0.15) is 0 Å². The molecule has 0 saturated carbocycles. The molecule has 0 spiro atoms. The van der Waals surface area contributed by atoms with Gasteiger partial charge >= 0.3 is 0 Å². The Morgan fingerprint density at radius 2 is 0.909 bits per heavy atom. The van der Waals surface area contributed by atoms with Gasteiger partial charge in [0.2, 0.25) is 0 Å². The van der Waals surface area contributed by atoms with Gasteiger partial charge in [-0.1, -0.05) is 32.1 Å². The highest BCUT2D eigenvalue weighted by molar-refractivity contribution is 4.53. The van der Waals surface area contributed by atoms with E-state index in [0.29, 0.717) is 0 Å². The van der Waals surface area contributed by atoms with Crippen molar-refractivity contribution >= 4 is 0 Å². The van der Waals surface area contributed by atoms with E-state index >= 15 is 0 Å². The summed E-state index contributed by atoms with van der Waals surface area (Å²) >= 11 is 0. The molecule has 0 aliphatic carbocycles. The van der Waals surface area contributed by atoms with Crippen molar-refractivity contribution in [3.8, 4) is 0 Å². The molecule has 0 bridgehead atoms. The van der Waals surface area contributed by atoms with Crippen LogP contribution >= 0.6 is 0 Å². The average Bonchev–Trinajstić information content (AvgIpc) is 2.01. The number of hydrogen-bond donors (Lipinski definition) is 2. The number of hydrogen-bond acceptors (Lipinski definition) is 2. The SMILES string of the molecule is C1CCCCNCCCC1.N. The van der Waals surface area contributed by atoms with Crippen molar-refractivity contribution in [2.45, 2.75) is 44.9 Å². The molecule has 0 amide bonds. The standard InChI is InChI=1S/C9H19N.H3N/c1-2-4-6-8-10-9-7-5-3-1;/h10H,1-9H2;1H3. The predicted molar refractivity (Wildman–Crippen MR) is 50.2 cm³/mol. The van der Waals surface area contributed by atoms with E-state index in [1.807, 2.05) is 0 Å². The van der Waals surface area contributed by atoms with Crippen LogP contribution in [-0.4, -0.2) is 13.1 Å². The Kier molecular flexibility index (Phi) is 7.96. The molecule has 0 aromatic rings. The molecule has 0 unspecified atom stereocenters. The largest absolute Gasteiger partial charge is 0.344 e. The number of rotatable bonds is 0. The summed E-state index contributed by atoms with van der Waals surface area (Å²) in [6.07, 6.45) is 10.0. The topological polar surface area (TPSA) is 47.0 Å². The first-order valence-electron chi connectivity index (χ1n) is 4.71. The van der Waals surface area contributed by atoms with Gasteiger partial charge in [0.15, 0.2) is 0 Å². The van der Waals surface area contributed by atoms with Crippen LogP contribution in [0.3, 0.4) is 0 Å². The van der Waals surface area contributed by atoms with Gasteiger partial charge in [0.1, 0.15) is 0 Å². The summed E-state index contributed by atoms with van der Waals surface area (Å²) in [5, 5.41) is 3.46. The molecule has 0 atom stereocenters. The predicted octanol–water partition coefficient (Wildman–Crippen LogP) is 2.48. The van der Waals surface area contributed by atoms with E-state index in [1.54, 1.807) is 0 Å². The van der Waals surface area contributed by atoms with Crippen LogP contribution in [0.5, 0.6) is 0 Å². The molecule has 0 aromatic carbocycles. The Bertz CT molecular complexity index is 40.7. The molecule has 2 nitrogen and oxygen atoms in total. The highest BCUT2D eigenvalue weighted by atomic mass is 14.8. The smallest absolute Gasteiger partial charge is 0.00489 e. The molecule has 0 aromatic heterocycles. The summed E-state index contributed by atoms with van der Waals surface area (Å²) in [5.74, 6) is 0. The summed E-state index contributed by atoms with van der Waals surface area (Å²) in [6.45, 7) is 2.50. The van der Waals surface area contributed by atoms with Gasteiger partial charge in [-0.3, -0.25) is 0 Å². The summed E-state index contributed by atoms with van der Waals surface area (Å²) in [4.78, 5) is 0. The maximum atomic E-state index is 3.46. The molecule has 1 aliphatic heterocycles. The third-order valence-corrected chi connectivity index (χ3v) is 2.21. The van der Waals surface area contributed by atoms with E-state index in [-0.39, 0.29) is 6.15 Å². The average molecular weight is 158 g/mol. The van der Waals surface area contributed by atoms with Crippen LogP contribution in [0.4, 0.5) is 0 Å². The van der Waals surface area contributed by atoms with Crippen molar-refractivity contribution in [2.75, 3.05) is 13.1 Å². The monoisotopic (exact) mass is 158 g/mol. The van der Waals surface area contributed by atoms with Crippen LogP contribution in [0.2, 0.25) is 0 Å². The minimum absolute atomic E-state index is 0. The van der Waals surface area contributed by atoms with E-state index in [0.717, 1.165) is 0 Å². The molecule has 1 aliphatic rings. The van der Waals surface area contributed by atoms with Crippen molar-refractivity contribution in [2.24, 2.45) is 0 Å². The lowest BCUT2D eigenvalue weighted by Gasteiger charge is -2.07. The minimum atomic E-state index is 0. The van der Waals surface area contributed by atoms with Crippen molar-refractivity contribution in [1.29, 1.82) is 0 Å². The van der Waals surface area contributed by atoms with Gasteiger partial charge < -0.3 is 11.5 Å². The maximum Gasteiger partial charge on any atom is -0.00489 e. The zero-order chi connectivity index (χ0) is 7.07. The lowest BCUT2D eigenvalue weighted by molar-refractivity contribution is 0.514. The van der Waals surface area contributed by atoms with E-state index in [9.17, 15) is 0 Å². The third kappa shape index (κ3) is 6.32. The van der Waals surface area contributed by atoms with Crippen molar-refractivity contribution in [3.63, 3.8) is 0 Å². The highest BCUT2D eigenvalue weighted by Gasteiger charge is 1.94. The van der Waals surface area contributed by atoms with Gasteiger partial charge in [0, 0.05) is 0 Å². The Morgan fingerprint density at radius 1 is 0.545 bits per heavy atom. The fourth-order valence-corrected chi connectivity index (χ4v) is 1.51. The molecular formula is C9H22N2. The summed E-state index contributed by atoms with van der Waals surface area (Å²) < 4.78 is 0. The zero-order valence-corrected chi connectivity index (χ0v) is 7.57. The molecule has 68 valence electrons. The van der Waals surface area contributed by atoms with Crippen LogP contribution < -0.4 is 11.5 Å².